The summed E-state index contributed by atoms with van der Waals surface area (Å²) in [5, 5.41) is 2.97. The number of para-hydroxylation sites is 1. The number of aryl methyl sites for hydroxylation is 2. The van der Waals surface area contributed by atoms with Crippen LogP contribution in [0, 0.1) is 19.8 Å². The van der Waals surface area contributed by atoms with Crippen LogP contribution in [0.3, 0.4) is 0 Å². The van der Waals surface area contributed by atoms with Crippen molar-refractivity contribution < 1.29 is 9.59 Å². The number of nitrogens with zero attached hydrogens (tertiary/aromatic N) is 1. The Balaban J connectivity index is 1.69. The number of hydrogen-bond acceptors (Lipinski definition) is 2. The fourth-order valence-corrected chi connectivity index (χ4v) is 3.84. The van der Waals surface area contributed by atoms with Crippen LogP contribution in [0.4, 0.5) is 5.69 Å². The molecule has 0 bridgehead atoms. The lowest BCUT2D eigenvalue weighted by molar-refractivity contribution is -0.121. The lowest BCUT2D eigenvalue weighted by Gasteiger charge is -2.32. The van der Waals surface area contributed by atoms with Gasteiger partial charge in [-0.15, -0.1) is 0 Å². The first kappa shape index (κ1) is 18.6. The summed E-state index contributed by atoms with van der Waals surface area (Å²) in [6, 6.07) is 13.4. The van der Waals surface area contributed by atoms with E-state index in [0.29, 0.717) is 18.7 Å². The van der Waals surface area contributed by atoms with E-state index in [9.17, 15) is 9.59 Å². The van der Waals surface area contributed by atoms with Crippen LogP contribution in [0.2, 0.25) is 0 Å². The molecule has 2 aromatic rings. The third-order valence-corrected chi connectivity index (χ3v) is 5.37. The van der Waals surface area contributed by atoms with Crippen LogP contribution in [0.1, 0.15) is 34.3 Å². The summed E-state index contributed by atoms with van der Waals surface area (Å²) in [5.74, 6) is -0.212. The summed E-state index contributed by atoms with van der Waals surface area (Å²) in [7, 11) is 0. The minimum absolute atomic E-state index is 0.00944. The fourth-order valence-electron chi connectivity index (χ4n) is 3.45. The smallest absolute Gasteiger partial charge is 0.253 e. The SMILES string of the molecule is Cc1cc(C)cc(C(=O)N2CCCC(C(=O)Nc3ccccc3Br)C2)c1. The monoisotopic (exact) mass is 414 g/mol. The Labute approximate surface area is 162 Å². The Kier molecular flexibility index (Phi) is 5.77. The Morgan fingerprint density at radius 3 is 2.50 bits per heavy atom. The molecule has 0 spiro atoms. The molecule has 5 heteroatoms. The van der Waals surface area contributed by atoms with Gasteiger partial charge in [-0.05, 0) is 66.9 Å². The van der Waals surface area contributed by atoms with Crippen molar-refractivity contribution in [3.8, 4) is 0 Å². The number of likely N-dealkylation sites (tertiary alicyclic amines) is 1. The molecule has 3 rings (SSSR count). The van der Waals surface area contributed by atoms with E-state index in [2.05, 4.69) is 27.3 Å². The van der Waals surface area contributed by atoms with Crippen LogP contribution in [-0.2, 0) is 4.79 Å². The molecule has 136 valence electrons. The maximum absolute atomic E-state index is 12.9. The zero-order chi connectivity index (χ0) is 18.7. The molecule has 0 aromatic heterocycles. The summed E-state index contributed by atoms with van der Waals surface area (Å²) in [6.45, 7) is 5.15. The number of halogens is 1. The average Bonchev–Trinajstić information content (AvgIpc) is 2.62. The fraction of sp³-hybridized carbons (Fsp3) is 0.333. The van der Waals surface area contributed by atoms with E-state index in [1.54, 1.807) is 0 Å². The Bertz CT molecular complexity index is 814. The number of anilines is 1. The molecule has 1 saturated heterocycles. The van der Waals surface area contributed by atoms with Crippen LogP contribution >= 0.6 is 15.9 Å². The van der Waals surface area contributed by atoms with Gasteiger partial charge in [-0.25, -0.2) is 0 Å². The number of rotatable bonds is 3. The van der Waals surface area contributed by atoms with Gasteiger partial charge < -0.3 is 10.2 Å². The summed E-state index contributed by atoms with van der Waals surface area (Å²) >= 11 is 3.45. The van der Waals surface area contributed by atoms with Crippen molar-refractivity contribution in [2.45, 2.75) is 26.7 Å². The molecule has 0 aliphatic carbocycles. The zero-order valence-corrected chi connectivity index (χ0v) is 16.7. The third-order valence-electron chi connectivity index (χ3n) is 4.68. The lowest BCUT2D eigenvalue weighted by Crippen LogP contribution is -2.43. The molecule has 1 N–H and O–H groups in total. The molecule has 1 aliphatic heterocycles. The highest BCUT2D eigenvalue weighted by Gasteiger charge is 2.29. The second kappa shape index (κ2) is 8.04. The van der Waals surface area contributed by atoms with Gasteiger partial charge in [0, 0.05) is 23.1 Å². The van der Waals surface area contributed by atoms with Gasteiger partial charge in [0.25, 0.3) is 5.91 Å². The number of carbonyl (C=O) groups is 2. The highest BCUT2D eigenvalue weighted by Crippen LogP contribution is 2.25. The Morgan fingerprint density at radius 1 is 1.12 bits per heavy atom. The average molecular weight is 415 g/mol. The standard InChI is InChI=1S/C21H23BrN2O2/c1-14-10-15(2)12-17(11-14)21(26)24-9-5-6-16(13-24)20(25)23-19-8-4-3-7-18(19)22/h3-4,7-8,10-12,16H,5-6,9,13H2,1-2H3,(H,23,25). The lowest BCUT2D eigenvalue weighted by atomic mass is 9.96. The zero-order valence-electron chi connectivity index (χ0n) is 15.1. The molecule has 1 unspecified atom stereocenters. The first-order valence-electron chi connectivity index (χ1n) is 8.87. The van der Waals surface area contributed by atoms with Crippen LogP contribution in [0.15, 0.2) is 46.9 Å². The number of piperidine rings is 1. The molecule has 0 radical (unpaired) electrons. The molecule has 0 saturated carbocycles. The summed E-state index contributed by atoms with van der Waals surface area (Å²) < 4.78 is 0.854. The van der Waals surface area contributed by atoms with Gasteiger partial charge in [0.2, 0.25) is 5.91 Å². The largest absolute Gasteiger partial charge is 0.338 e. The molecule has 1 fully saturated rings. The summed E-state index contributed by atoms with van der Waals surface area (Å²) in [6.07, 6.45) is 1.64. The van der Waals surface area contributed by atoms with E-state index in [1.165, 1.54) is 0 Å². The normalized spacial score (nSPS) is 17.0. The maximum Gasteiger partial charge on any atom is 0.253 e. The van der Waals surface area contributed by atoms with Crippen molar-refractivity contribution in [2.75, 3.05) is 18.4 Å². The van der Waals surface area contributed by atoms with E-state index >= 15 is 0 Å². The Morgan fingerprint density at radius 2 is 1.81 bits per heavy atom. The quantitative estimate of drug-likeness (QED) is 0.799. The minimum atomic E-state index is -0.189. The van der Waals surface area contributed by atoms with Crippen molar-refractivity contribution in [3.05, 3.63) is 63.6 Å². The molecule has 1 atom stereocenters. The predicted molar refractivity (Wildman–Crippen MR) is 107 cm³/mol. The van der Waals surface area contributed by atoms with Crippen molar-refractivity contribution in [3.63, 3.8) is 0 Å². The van der Waals surface area contributed by atoms with Gasteiger partial charge in [0.15, 0.2) is 0 Å². The van der Waals surface area contributed by atoms with Gasteiger partial charge >= 0.3 is 0 Å². The van der Waals surface area contributed by atoms with Crippen molar-refractivity contribution in [2.24, 2.45) is 5.92 Å². The van der Waals surface area contributed by atoms with E-state index in [1.807, 2.05) is 55.1 Å². The molecule has 4 nitrogen and oxygen atoms in total. The van der Waals surface area contributed by atoms with E-state index in [-0.39, 0.29) is 17.7 Å². The minimum Gasteiger partial charge on any atom is -0.338 e. The predicted octanol–water partition coefficient (Wildman–Crippen LogP) is 4.56. The van der Waals surface area contributed by atoms with Gasteiger partial charge in [0.05, 0.1) is 11.6 Å². The van der Waals surface area contributed by atoms with E-state index in [4.69, 9.17) is 0 Å². The molecule has 1 aliphatic rings. The van der Waals surface area contributed by atoms with Crippen molar-refractivity contribution in [1.29, 1.82) is 0 Å². The first-order valence-corrected chi connectivity index (χ1v) is 9.66. The first-order chi connectivity index (χ1) is 12.4. The van der Waals surface area contributed by atoms with E-state index < -0.39 is 0 Å². The summed E-state index contributed by atoms with van der Waals surface area (Å²) in [4.78, 5) is 27.3. The van der Waals surface area contributed by atoms with Gasteiger partial charge in [0.1, 0.15) is 0 Å². The molecular weight excluding hydrogens is 392 g/mol. The second-order valence-corrected chi connectivity index (χ2v) is 7.79. The van der Waals surface area contributed by atoms with Gasteiger partial charge in [-0.2, -0.15) is 0 Å². The topological polar surface area (TPSA) is 49.4 Å². The second-order valence-electron chi connectivity index (χ2n) is 6.94. The van der Waals surface area contributed by atoms with Gasteiger partial charge in [-0.1, -0.05) is 29.3 Å². The number of benzene rings is 2. The van der Waals surface area contributed by atoms with Crippen molar-refractivity contribution >= 4 is 33.4 Å². The number of carbonyl (C=O) groups excluding carboxylic acids is 2. The van der Waals surface area contributed by atoms with Crippen LogP contribution in [-0.4, -0.2) is 29.8 Å². The molecule has 2 aromatic carbocycles. The molecule has 2 amide bonds. The van der Waals surface area contributed by atoms with Gasteiger partial charge in [-0.3, -0.25) is 9.59 Å². The molecule has 26 heavy (non-hydrogen) atoms. The highest BCUT2D eigenvalue weighted by molar-refractivity contribution is 9.10. The Hall–Kier alpha value is -2.14. The number of nitrogens with one attached hydrogen (secondary N) is 1. The maximum atomic E-state index is 12.9. The van der Waals surface area contributed by atoms with E-state index in [0.717, 1.165) is 34.1 Å². The molecule has 1 heterocycles. The van der Waals surface area contributed by atoms with Crippen molar-refractivity contribution in [1.82, 2.24) is 4.90 Å². The summed E-state index contributed by atoms with van der Waals surface area (Å²) in [5.41, 5.74) is 3.62. The number of hydrogen-bond donors (Lipinski definition) is 1. The van der Waals surface area contributed by atoms with Crippen LogP contribution < -0.4 is 5.32 Å². The van der Waals surface area contributed by atoms with Crippen LogP contribution in [0.5, 0.6) is 0 Å². The van der Waals surface area contributed by atoms with Crippen LogP contribution in [0.25, 0.3) is 0 Å². The number of amides is 2. The third kappa shape index (κ3) is 4.33. The molecular formula is C21H23BrN2O2. The highest BCUT2D eigenvalue weighted by atomic mass is 79.9.